The van der Waals surface area contributed by atoms with Crippen molar-refractivity contribution in [3.05, 3.63) is 35.0 Å². The molecule has 0 bridgehead atoms. The maximum atomic E-state index is 12.0. The molecule has 0 aromatic heterocycles. The first-order valence-corrected chi connectivity index (χ1v) is 5.64. The second kappa shape index (κ2) is 5.81. The maximum absolute atomic E-state index is 12.0. The number of ether oxygens (including phenoxy) is 1. The second-order valence-electron chi connectivity index (χ2n) is 4.55. The van der Waals surface area contributed by atoms with Crippen molar-refractivity contribution in [2.45, 2.75) is 12.8 Å². The van der Waals surface area contributed by atoms with Crippen molar-refractivity contribution in [2.75, 3.05) is 20.7 Å². The van der Waals surface area contributed by atoms with Gasteiger partial charge < -0.3 is 14.6 Å². The first-order chi connectivity index (χ1) is 8.36. The number of benzene rings is 1. The Kier molecular flexibility index (Phi) is 4.66. The van der Waals surface area contributed by atoms with Crippen LogP contribution in [0.2, 0.25) is 0 Å². The van der Waals surface area contributed by atoms with Crippen molar-refractivity contribution >= 4 is 11.8 Å². The number of quaternary nitrogens is 1. The highest BCUT2D eigenvalue weighted by Crippen LogP contribution is 2.29. The van der Waals surface area contributed by atoms with Crippen LogP contribution < -0.4 is 15.9 Å². The van der Waals surface area contributed by atoms with E-state index in [1.807, 2.05) is 30.5 Å². The standard InChI is InChI=1S/C12H19N3O3/c1-9(8-18-12(16)14-13)10-6-4-5-7-11(10)15(2,3)17/h4-7,9H,8,13H2,1-3H3,(H,14,16). The number of rotatable bonds is 4. The highest BCUT2D eigenvalue weighted by molar-refractivity contribution is 5.66. The number of amides is 1. The molecule has 0 aliphatic rings. The van der Waals surface area contributed by atoms with Crippen LogP contribution in [0.1, 0.15) is 18.4 Å². The molecular weight excluding hydrogens is 234 g/mol. The van der Waals surface area contributed by atoms with E-state index in [1.165, 1.54) is 0 Å². The minimum Gasteiger partial charge on any atom is -0.628 e. The van der Waals surface area contributed by atoms with E-state index >= 15 is 0 Å². The largest absolute Gasteiger partial charge is 0.628 e. The molecule has 1 aromatic carbocycles. The molecule has 0 heterocycles. The molecular formula is C12H19N3O3. The van der Waals surface area contributed by atoms with Crippen LogP contribution in [-0.4, -0.2) is 26.8 Å². The van der Waals surface area contributed by atoms with Crippen molar-refractivity contribution < 1.29 is 9.53 Å². The van der Waals surface area contributed by atoms with E-state index in [0.29, 0.717) is 5.69 Å². The summed E-state index contributed by atoms with van der Waals surface area (Å²) in [6.45, 7) is 2.05. The van der Waals surface area contributed by atoms with Crippen LogP contribution in [0.25, 0.3) is 0 Å². The summed E-state index contributed by atoms with van der Waals surface area (Å²) in [6, 6.07) is 7.31. The summed E-state index contributed by atoms with van der Waals surface area (Å²) in [5.41, 5.74) is 3.41. The molecule has 0 fully saturated rings. The van der Waals surface area contributed by atoms with E-state index in [2.05, 4.69) is 0 Å². The fourth-order valence-corrected chi connectivity index (χ4v) is 1.73. The van der Waals surface area contributed by atoms with Crippen molar-refractivity contribution in [2.24, 2.45) is 5.84 Å². The summed E-state index contributed by atoms with van der Waals surface area (Å²) in [5, 5.41) is 12.0. The first-order valence-electron chi connectivity index (χ1n) is 5.64. The summed E-state index contributed by atoms with van der Waals surface area (Å²) in [6.07, 6.45) is -0.685. The summed E-state index contributed by atoms with van der Waals surface area (Å²) in [4.78, 5) is 10.9. The summed E-state index contributed by atoms with van der Waals surface area (Å²) in [5.74, 6) is 4.84. The zero-order valence-electron chi connectivity index (χ0n) is 10.8. The minimum absolute atomic E-state index is 0.0788. The topological polar surface area (TPSA) is 87.4 Å². The van der Waals surface area contributed by atoms with Gasteiger partial charge in [-0.3, -0.25) is 5.43 Å². The van der Waals surface area contributed by atoms with Crippen LogP contribution in [0.5, 0.6) is 0 Å². The van der Waals surface area contributed by atoms with E-state index in [1.54, 1.807) is 20.2 Å². The van der Waals surface area contributed by atoms with Gasteiger partial charge in [-0.25, -0.2) is 10.6 Å². The molecule has 1 rings (SSSR count). The third-order valence-electron chi connectivity index (χ3n) is 2.63. The van der Waals surface area contributed by atoms with Gasteiger partial charge in [0, 0.05) is 11.5 Å². The molecule has 0 aliphatic heterocycles. The Balaban J connectivity index is 2.86. The fourth-order valence-electron chi connectivity index (χ4n) is 1.73. The summed E-state index contributed by atoms with van der Waals surface area (Å²) >= 11 is 0. The molecule has 0 saturated heterocycles. The number of hydrogen-bond donors (Lipinski definition) is 2. The molecule has 0 aliphatic carbocycles. The third kappa shape index (κ3) is 3.69. The van der Waals surface area contributed by atoms with Crippen molar-refractivity contribution in [1.29, 1.82) is 0 Å². The van der Waals surface area contributed by atoms with Gasteiger partial charge in [0.1, 0.15) is 12.3 Å². The fraction of sp³-hybridized carbons (Fsp3) is 0.417. The zero-order chi connectivity index (χ0) is 13.8. The van der Waals surface area contributed by atoms with Crippen LogP contribution in [0.3, 0.4) is 0 Å². The molecule has 18 heavy (non-hydrogen) atoms. The Morgan fingerprint density at radius 2 is 2.11 bits per heavy atom. The predicted molar refractivity (Wildman–Crippen MR) is 70.5 cm³/mol. The molecule has 3 N–H and O–H groups in total. The van der Waals surface area contributed by atoms with E-state index in [-0.39, 0.29) is 12.5 Å². The van der Waals surface area contributed by atoms with Crippen molar-refractivity contribution in [1.82, 2.24) is 10.1 Å². The predicted octanol–water partition coefficient (Wildman–Crippen LogP) is 1.45. The molecule has 0 saturated carbocycles. The molecule has 0 radical (unpaired) electrons. The number of nitrogens with two attached hydrogens (primary N) is 1. The Morgan fingerprint density at radius 1 is 1.50 bits per heavy atom. The normalized spacial score (nSPS) is 12.9. The molecule has 0 spiro atoms. The Labute approximate surface area is 106 Å². The smallest absolute Gasteiger partial charge is 0.421 e. The Morgan fingerprint density at radius 3 is 2.67 bits per heavy atom. The van der Waals surface area contributed by atoms with Gasteiger partial charge in [-0.2, -0.15) is 0 Å². The zero-order valence-corrected chi connectivity index (χ0v) is 10.8. The third-order valence-corrected chi connectivity index (χ3v) is 2.63. The highest BCUT2D eigenvalue weighted by atomic mass is 16.6. The monoisotopic (exact) mass is 253 g/mol. The van der Waals surface area contributed by atoms with E-state index in [0.717, 1.165) is 5.56 Å². The number of carbonyl (C=O) groups excluding carboxylic acids is 1. The molecule has 1 atom stereocenters. The second-order valence-corrected chi connectivity index (χ2v) is 4.55. The average molecular weight is 253 g/mol. The molecule has 1 aromatic rings. The summed E-state index contributed by atoms with van der Waals surface area (Å²) < 4.78 is 4.37. The van der Waals surface area contributed by atoms with E-state index in [9.17, 15) is 10.0 Å². The van der Waals surface area contributed by atoms with Gasteiger partial charge in [-0.1, -0.05) is 25.1 Å². The molecule has 6 nitrogen and oxygen atoms in total. The lowest BCUT2D eigenvalue weighted by atomic mass is 9.99. The first kappa shape index (κ1) is 14.4. The minimum atomic E-state index is -0.685. The van der Waals surface area contributed by atoms with Crippen LogP contribution in [0.15, 0.2) is 24.3 Å². The lowest BCUT2D eigenvalue weighted by Crippen LogP contribution is -2.34. The van der Waals surface area contributed by atoms with Gasteiger partial charge in [0.15, 0.2) is 0 Å². The number of carbonyl (C=O) groups is 1. The van der Waals surface area contributed by atoms with Gasteiger partial charge in [0.05, 0.1) is 14.1 Å². The highest BCUT2D eigenvalue weighted by Gasteiger charge is 2.19. The van der Waals surface area contributed by atoms with Crippen LogP contribution in [0, 0.1) is 5.21 Å². The van der Waals surface area contributed by atoms with Gasteiger partial charge >= 0.3 is 6.09 Å². The number of nitrogens with one attached hydrogen (secondary N) is 1. The lowest BCUT2D eigenvalue weighted by molar-refractivity contribution is 0.140. The molecule has 6 heteroatoms. The average Bonchev–Trinajstić information content (AvgIpc) is 2.34. The number of hydroxylamine groups is 2. The van der Waals surface area contributed by atoms with Crippen molar-refractivity contribution in [3.8, 4) is 0 Å². The number of nitrogens with zero attached hydrogens (tertiary/aromatic N) is 1. The lowest BCUT2D eigenvalue weighted by Gasteiger charge is -2.35. The van der Waals surface area contributed by atoms with Gasteiger partial charge in [0.25, 0.3) is 0 Å². The van der Waals surface area contributed by atoms with Crippen molar-refractivity contribution in [3.63, 3.8) is 0 Å². The van der Waals surface area contributed by atoms with Crippen LogP contribution in [-0.2, 0) is 4.74 Å². The van der Waals surface area contributed by atoms with E-state index in [4.69, 9.17) is 10.6 Å². The Bertz CT molecular complexity index is 415. The van der Waals surface area contributed by atoms with Gasteiger partial charge in [-0.05, 0) is 6.07 Å². The van der Waals surface area contributed by atoms with Gasteiger partial charge in [0.2, 0.25) is 0 Å². The van der Waals surface area contributed by atoms with Crippen LogP contribution >= 0.6 is 0 Å². The number of hydrogen-bond acceptors (Lipinski definition) is 4. The van der Waals surface area contributed by atoms with Crippen LogP contribution in [0.4, 0.5) is 10.5 Å². The van der Waals surface area contributed by atoms with E-state index < -0.39 is 10.7 Å². The van der Waals surface area contributed by atoms with Gasteiger partial charge in [-0.15, -0.1) is 0 Å². The molecule has 1 amide bonds. The molecule has 1 unspecified atom stereocenters. The number of para-hydroxylation sites is 1. The SMILES string of the molecule is CC(COC(=O)NN)c1ccccc1[N+](C)(C)[O-]. The number of hydrazine groups is 1. The maximum Gasteiger partial charge on any atom is 0.421 e. The summed E-state index contributed by atoms with van der Waals surface area (Å²) in [7, 11) is 3.11. The quantitative estimate of drug-likeness (QED) is 0.368. The molecule has 100 valence electrons. The Hall–Kier alpha value is -1.63.